The number of aromatic nitrogens is 2. The van der Waals surface area contributed by atoms with Crippen molar-refractivity contribution >= 4 is 10.8 Å². The fourth-order valence-corrected chi connectivity index (χ4v) is 3.74. The van der Waals surface area contributed by atoms with Crippen LogP contribution >= 0.6 is 0 Å². The van der Waals surface area contributed by atoms with Gasteiger partial charge in [-0.2, -0.15) is 5.10 Å². The minimum absolute atomic E-state index is 0.129. The molecule has 0 spiro atoms. The largest absolute Gasteiger partial charge is 0.372 e. The minimum atomic E-state index is -0.915. The van der Waals surface area contributed by atoms with Gasteiger partial charge in [-0.05, 0) is 37.1 Å². The summed E-state index contributed by atoms with van der Waals surface area (Å²) < 4.78 is 19.4. The van der Waals surface area contributed by atoms with Crippen LogP contribution in [0.25, 0.3) is 0 Å². The first kappa shape index (κ1) is 17.3. The van der Waals surface area contributed by atoms with Gasteiger partial charge in [-0.1, -0.05) is 12.1 Å². The zero-order valence-electron chi connectivity index (χ0n) is 14.3. The van der Waals surface area contributed by atoms with Crippen molar-refractivity contribution in [2.75, 3.05) is 19.4 Å². The molecule has 2 heterocycles. The van der Waals surface area contributed by atoms with Crippen LogP contribution in [0, 0.1) is 5.92 Å². The third-order valence-electron chi connectivity index (χ3n) is 4.55. The number of hydrogen-bond acceptors (Lipinski definition) is 4. The fraction of sp³-hybridized carbons (Fsp3) is 0.500. The average molecular weight is 347 g/mol. The topological polar surface area (TPSA) is 56.1 Å². The van der Waals surface area contributed by atoms with Gasteiger partial charge in [-0.25, -0.2) is 0 Å². The van der Waals surface area contributed by atoms with Gasteiger partial charge < -0.3 is 10.1 Å². The summed E-state index contributed by atoms with van der Waals surface area (Å²) in [6, 6.07) is 10.0. The quantitative estimate of drug-likeness (QED) is 0.836. The van der Waals surface area contributed by atoms with Crippen LogP contribution in [0.2, 0.25) is 0 Å². The SMILES string of the molecule is CCn1nccc1[C@@H]1OCC[C@H]1CNCc1ccc(S(C)=O)cc1. The molecule has 1 aliphatic rings. The number of nitrogens with one attached hydrogen (secondary N) is 1. The summed E-state index contributed by atoms with van der Waals surface area (Å²) in [5.41, 5.74) is 2.38. The van der Waals surface area contributed by atoms with E-state index in [-0.39, 0.29) is 6.10 Å². The van der Waals surface area contributed by atoms with Crippen molar-refractivity contribution in [1.82, 2.24) is 15.1 Å². The summed E-state index contributed by atoms with van der Waals surface area (Å²) in [7, 11) is -0.915. The maximum absolute atomic E-state index is 11.4. The van der Waals surface area contributed by atoms with E-state index in [1.807, 2.05) is 35.1 Å². The van der Waals surface area contributed by atoms with Crippen molar-refractivity contribution in [1.29, 1.82) is 0 Å². The molecule has 1 saturated heterocycles. The third-order valence-corrected chi connectivity index (χ3v) is 5.48. The van der Waals surface area contributed by atoms with Gasteiger partial charge in [0.2, 0.25) is 0 Å². The summed E-state index contributed by atoms with van der Waals surface area (Å²) in [4.78, 5) is 0.871. The summed E-state index contributed by atoms with van der Waals surface area (Å²) in [6.07, 6.45) is 4.75. The minimum Gasteiger partial charge on any atom is -0.372 e. The van der Waals surface area contributed by atoms with Crippen LogP contribution in [0.4, 0.5) is 0 Å². The van der Waals surface area contributed by atoms with E-state index in [0.717, 1.165) is 37.6 Å². The molecule has 0 aliphatic carbocycles. The third kappa shape index (κ3) is 3.94. The molecule has 1 aromatic heterocycles. The Labute approximate surface area is 145 Å². The smallest absolute Gasteiger partial charge is 0.103 e. The highest BCUT2D eigenvalue weighted by molar-refractivity contribution is 7.84. The van der Waals surface area contributed by atoms with Crippen molar-refractivity contribution in [3.05, 3.63) is 47.8 Å². The van der Waals surface area contributed by atoms with Gasteiger partial charge in [-0.3, -0.25) is 8.89 Å². The normalized spacial score (nSPS) is 21.9. The van der Waals surface area contributed by atoms with Crippen molar-refractivity contribution in [2.24, 2.45) is 5.92 Å². The molecule has 130 valence electrons. The zero-order valence-corrected chi connectivity index (χ0v) is 15.1. The highest BCUT2D eigenvalue weighted by atomic mass is 32.2. The Morgan fingerprint density at radius 2 is 2.12 bits per heavy atom. The number of benzene rings is 1. The van der Waals surface area contributed by atoms with Gasteiger partial charge in [0.15, 0.2) is 0 Å². The second-order valence-corrected chi connectivity index (χ2v) is 7.52. The molecule has 1 N–H and O–H groups in total. The van der Waals surface area contributed by atoms with Crippen LogP contribution in [0.5, 0.6) is 0 Å². The first-order chi connectivity index (χ1) is 11.7. The van der Waals surface area contributed by atoms with Crippen molar-refractivity contribution in [3.63, 3.8) is 0 Å². The first-order valence-electron chi connectivity index (χ1n) is 8.45. The molecule has 0 bridgehead atoms. The molecule has 24 heavy (non-hydrogen) atoms. The second-order valence-electron chi connectivity index (χ2n) is 6.14. The molecule has 3 rings (SSSR count). The molecule has 2 aromatic rings. The number of nitrogens with zero attached hydrogens (tertiary/aromatic N) is 2. The number of aryl methyl sites for hydroxylation is 1. The van der Waals surface area contributed by atoms with Crippen LogP contribution in [0.1, 0.15) is 30.7 Å². The highest BCUT2D eigenvalue weighted by Crippen LogP contribution is 2.34. The van der Waals surface area contributed by atoms with E-state index in [1.54, 1.807) is 6.26 Å². The maximum Gasteiger partial charge on any atom is 0.103 e. The predicted octanol–water partition coefficient (Wildman–Crippen LogP) is 2.51. The monoisotopic (exact) mass is 347 g/mol. The van der Waals surface area contributed by atoms with Gasteiger partial charge in [0, 0.05) is 60.3 Å². The lowest BCUT2D eigenvalue weighted by Crippen LogP contribution is -2.25. The Hall–Kier alpha value is -1.50. The molecule has 0 amide bonds. The Bertz CT molecular complexity index is 684. The molecule has 1 aliphatic heterocycles. The molecule has 0 radical (unpaired) electrons. The summed E-state index contributed by atoms with van der Waals surface area (Å²) >= 11 is 0. The van der Waals surface area contributed by atoms with Crippen LogP contribution in [0.3, 0.4) is 0 Å². The summed E-state index contributed by atoms with van der Waals surface area (Å²) in [5.74, 6) is 0.467. The Balaban J connectivity index is 1.55. The standard InChI is InChI=1S/C18H25N3O2S/c1-3-21-17(8-10-20-21)18-15(9-11-23-18)13-19-12-14-4-6-16(7-5-14)24(2)22/h4-8,10,15,18-19H,3,9,11-13H2,1-2H3/t15-,18+,24?/m0/s1. The molecule has 1 unspecified atom stereocenters. The first-order valence-corrected chi connectivity index (χ1v) is 10.0. The molecule has 1 fully saturated rings. The second kappa shape index (κ2) is 8.05. The molecular weight excluding hydrogens is 322 g/mol. The van der Waals surface area contributed by atoms with Crippen LogP contribution in [0.15, 0.2) is 41.4 Å². The van der Waals surface area contributed by atoms with Crippen LogP contribution < -0.4 is 5.32 Å². The lowest BCUT2D eigenvalue weighted by Gasteiger charge is -2.20. The zero-order chi connectivity index (χ0) is 16.9. The van der Waals surface area contributed by atoms with Gasteiger partial charge in [0.25, 0.3) is 0 Å². The van der Waals surface area contributed by atoms with Crippen molar-refractivity contribution < 1.29 is 8.95 Å². The van der Waals surface area contributed by atoms with E-state index in [2.05, 4.69) is 23.4 Å². The maximum atomic E-state index is 11.4. The average Bonchev–Trinajstić information content (AvgIpc) is 3.23. The number of hydrogen-bond donors (Lipinski definition) is 1. The van der Waals surface area contributed by atoms with Crippen molar-refractivity contribution in [3.8, 4) is 0 Å². The number of ether oxygens (including phenoxy) is 1. The van der Waals surface area contributed by atoms with E-state index in [9.17, 15) is 4.21 Å². The lowest BCUT2D eigenvalue weighted by molar-refractivity contribution is 0.0830. The molecule has 1 aromatic carbocycles. The highest BCUT2D eigenvalue weighted by Gasteiger charge is 2.31. The van der Waals surface area contributed by atoms with Crippen LogP contribution in [-0.2, 0) is 28.6 Å². The van der Waals surface area contributed by atoms with E-state index in [4.69, 9.17) is 4.74 Å². The fourth-order valence-electron chi connectivity index (χ4n) is 3.22. The summed E-state index contributed by atoms with van der Waals surface area (Å²) in [5, 5.41) is 7.89. The van der Waals surface area contributed by atoms with Gasteiger partial charge in [0.1, 0.15) is 6.10 Å². The van der Waals surface area contributed by atoms with E-state index >= 15 is 0 Å². The number of rotatable bonds is 7. The Morgan fingerprint density at radius 1 is 1.33 bits per heavy atom. The van der Waals surface area contributed by atoms with E-state index in [0.29, 0.717) is 5.92 Å². The van der Waals surface area contributed by atoms with Gasteiger partial charge >= 0.3 is 0 Å². The van der Waals surface area contributed by atoms with E-state index in [1.165, 1.54) is 11.3 Å². The molecule has 0 saturated carbocycles. The Kier molecular flexibility index (Phi) is 5.81. The summed E-state index contributed by atoms with van der Waals surface area (Å²) in [6.45, 7) is 5.51. The van der Waals surface area contributed by atoms with Gasteiger partial charge in [-0.15, -0.1) is 0 Å². The lowest BCUT2D eigenvalue weighted by atomic mass is 9.98. The Morgan fingerprint density at radius 3 is 2.83 bits per heavy atom. The molecule has 5 nitrogen and oxygen atoms in total. The molecular formula is C18H25N3O2S. The van der Waals surface area contributed by atoms with Gasteiger partial charge in [0.05, 0.1) is 5.69 Å². The van der Waals surface area contributed by atoms with Crippen molar-refractivity contribution in [2.45, 2.75) is 37.4 Å². The molecule has 3 atom stereocenters. The van der Waals surface area contributed by atoms with E-state index < -0.39 is 10.8 Å². The molecule has 6 heteroatoms. The predicted molar refractivity (Wildman–Crippen MR) is 95.2 cm³/mol. The van der Waals surface area contributed by atoms with Crippen LogP contribution in [-0.4, -0.2) is 33.4 Å².